The van der Waals surface area contributed by atoms with Crippen molar-refractivity contribution in [3.05, 3.63) is 35.0 Å². The largest absolute Gasteiger partial charge is 0.361 e. The lowest BCUT2D eigenvalue weighted by Gasteiger charge is -1.96. The molecule has 1 aromatic carbocycles. The summed E-state index contributed by atoms with van der Waals surface area (Å²) in [6.45, 7) is 0. The van der Waals surface area contributed by atoms with E-state index in [0.29, 0.717) is 16.0 Å². The summed E-state index contributed by atoms with van der Waals surface area (Å²) in [5, 5.41) is 0.344. The third kappa shape index (κ3) is 1.76. The molecule has 80 valence electrons. The Balaban J connectivity index is 2.74. The van der Waals surface area contributed by atoms with Crippen LogP contribution in [0.5, 0.6) is 0 Å². The first-order chi connectivity index (χ1) is 7.63. The van der Waals surface area contributed by atoms with Crippen LogP contribution in [0.15, 0.2) is 24.4 Å². The van der Waals surface area contributed by atoms with Crippen LogP contribution in [-0.4, -0.2) is 16.2 Å². The second kappa shape index (κ2) is 4.14. The Morgan fingerprint density at radius 2 is 2.12 bits per heavy atom. The molecule has 0 radical (unpaired) electrons. The number of aromatic nitrogens is 1. The Labute approximate surface area is 101 Å². The van der Waals surface area contributed by atoms with E-state index in [0.717, 1.165) is 5.52 Å². The van der Waals surface area contributed by atoms with Crippen molar-refractivity contribution in [3.8, 4) is 0 Å². The van der Waals surface area contributed by atoms with Gasteiger partial charge in [0.05, 0.1) is 0 Å². The van der Waals surface area contributed by atoms with E-state index < -0.39 is 5.24 Å². The maximum absolute atomic E-state index is 11.0. The minimum Gasteiger partial charge on any atom is -0.361 e. The van der Waals surface area contributed by atoms with Gasteiger partial charge in [-0.2, -0.15) is 0 Å². The van der Waals surface area contributed by atoms with E-state index in [2.05, 4.69) is 4.98 Å². The van der Waals surface area contributed by atoms with Crippen molar-refractivity contribution in [2.45, 2.75) is 0 Å². The van der Waals surface area contributed by atoms with Crippen molar-refractivity contribution in [2.75, 3.05) is 0 Å². The van der Waals surface area contributed by atoms with Gasteiger partial charge in [-0.25, -0.2) is 4.79 Å². The van der Waals surface area contributed by atoms with E-state index >= 15 is 0 Å². The summed E-state index contributed by atoms with van der Waals surface area (Å²) in [5.74, 6) is 1.54. The lowest BCUT2D eigenvalue weighted by molar-refractivity contribution is -0.106. The highest BCUT2D eigenvalue weighted by Gasteiger charge is 2.15. The summed E-state index contributed by atoms with van der Waals surface area (Å²) in [4.78, 5) is 24.6. The molecule has 0 bridgehead atoms. The molecule has 5 heteroatoms. The molecule has 0 saturated carbocycles. The molecule has 1 aromatic heterocycles. The Hall–Kier alpha value is -1.54. The Morgan fingerprint density at radius 3 is 2.75 bits per heavy atom. The van der Waals surface area contributed by atoms with Crippen LogP contribution in [0.2, 0.25) is 5.02 Å². The highest BCUT2D eigenvalue weighted by molar-refractivity contribution is 6.76. The first kappa shape index (κ1) is 11.0. The summed E-state index contributed by atoms with van der Waals surface area (Å²) in [7, 11) is 0. The van der Waals surface area contributed by atoms with E-state index in [1.807, 2.05) is 0 Å². The van der Waals surface area contributed by atoms with Gasteiger partial charge in [0.2, 0.25) is 0 Å². The van der Waals surface area contributed by atoms with Crippen LogP contribution in [-0.2, 0) is 9.59 Å². The van der Waals surface area contributed by atoms with Gasteiger partial charge >= 0.3 is 0 Å². The fourth-order valence-corrected chi connectivity index (χ4v) is 1.81. The summed E-state index contributed by atoms with van der Waals surface area (Å²) in [6, 6.07) is 5.11. The van der Waals surface area contributed by atoms with E-state index in [-0.39, 0.29) is 5.57 Å². The molecule has 0 fully saturated rings. The normalized spacial score (nSPS) is 10.1. The number of nitrogens with one attached hydrogen (secondary N) is 1. The number of carbonyl (C=O) groups excluding carboxylic acids is 2. The van der Waals surface area contributed by atoms with Crippen molar-refractivity contribution < 1.29 is 9.59 Å². The first-order valence-corrected chi connectivity index (χ1v) is 5.11. The van der Waals surface area contributed by atoms with E-state index in [4.69, 9.17) is 23.2 Å². The van der Waals surface area contributed by atoms with Crippen LogP contribution < -0.4 is 0 Å². The number of benzene rings is 1. The highest BCUT2D eigenvalue weighted by atomic mass is 35.5. The monoisotopic (exact) mass is 253 g/mol. The van der Waals surface area contributed by atoms with Gasteiger partial charge in [-0.15, -0.1) is 0 Å². The molecule has 0 aliphatic heterocycles. The molecule has 0 spiro atoms. The molecule has 2 rings (SSSR count). The van der Waals surface area contributed by atoms with Gasteiger partial charge in [0, 0.05) is 27.7 Å². The van der Waals surface area contributed by atoms with E-state index in [9.17, 15) is 9.59 Å². The minimum absolute atomic E-state index is 0.199. The Kier molecular flexibility index (Phi) is 2.84. The molecule has 1 N–H and O–H groups in total. The molecule has 0 aliphatic carbocycles. The summed E-state index contributed by atoms with van der Waals surface area (Å²) in [6.07, 6.45) is 1.53. The van der Waals surface area contributed by atoms with Crippen molar-refractivity contribution >= 4 is 50.9 Å². The quantitative estimate of drug-likeness (QED) is 0.509. The zero-order valence-electron chi connectivity index (χ0n) is 7.88. The third-order valence-corrected chi connectivity index (χ3v) is 2.64. The molecule has 0 unspecified atom stereocenters. The fourth-order valence-electron chi connectivity index (χ4n) is 1.50. The van der Waals surface area contributed by atoms with Gasteiger partial charge in [0.15, 0.2) is 0 Å². The summed E-state index contributed by atoms with van der Waals surface area (Å²) in [5.41, 5.74) is 0.979. The lowest BCUT2D eigenvalue weighted by Crippen LogP contribution is -1.92. The van der Waals surface area contributed by atoms with Gasteiger partial charge in [0.25, 0.3) is 5.24 Å². The number of halogens is 2. The van der Waals surface area contributed by atoms with E-state index in [1.54, 1.807) is 18.2 Å². The van der Waals surface area contributed by atoms with Crippen LogP contribution in [0.1, 0.15) is 5.56 Å². The number of carbonyl (C=O) groups is 1. The second-order valence-electron chi connectivity index (χ2n) is 3.14. The number of hydrogen-bond acceptors (Lipinski definition) is 2. The summed E-state index contributed by atoms with van der Waals surface area (Å²) >= 11 is 11.1. The molecule has 3 nitrogen and oxygen atoms in total. The molecular weight excluding hydrogens is 249 g/mol. The molecule has 0 amide bonds. The predicted molar refractivity (Wildman–Crippen MR) is 63.3 cm³/mol. The highest BCUT2D eigenvalue weighted by Crippen LogP contribution is 2.27. The molecule has 2 aromatic rings. The van der Waals surface area contributed by atoms with Gasteiger partial charge in [-0.1, -0.05) is 11.6 Å². The SMILES string of the molecule is O=C=C(C(=O)Cl)c1c[nH]c2ccc(Cl)cc12. The number of rotatable bonds is 2. The molecule has 0 saturated heterocycles. The number of hydrogen-bond donors (Lipinski definition) is 1. The van der Waals surface area contributed by atoms with Crippen molar-refractivity contribution in [3.63, 3.8) is 0 Å². The van der Waals surface area contributed by atoms with Crippen molar-refractivity contribution in [1.82, 2.24) is 4.98 Å². The first-order valence-electron chi connectivity index (χ1n) is 4.35. The minimum atomic E-state index is -0.837. The van der Waals surface area contributed by atoms with Crippen LogP contribution in [0, 0.1) is 0 Å². The van der Waals surface area contributed by atoms with Crippen LogP contribution in [0.25, 0.3) is 16.5 Å². The number of allylic oxidation sites excluding steroid dienone is 1. The summed E-state index contributed by atoms with van der Waals surface area (Å²) < 4.78 is 0. The predicted octanol–water partition coefficient (Wildman–Crippen LogP) is 2.80. The number of aromatic amines is 1. The number of H-pyrrole nitrogens is 1. The maximum Gasteiger partial charge on any atom is 0.264 e. The molecule has 16 heavy (non-hydrogen) atoms. The average molecular weight is 254 g/mol. The molecule has 1 heterocycles. The number of fused-ring (bicyclic) bond motifs is 1. The van der Waals surface area contributed by atoms with Crippen molar-refractivity contribution in [2.24, 2.45) is 0 Å². The zero-order chi connectivity index (χ0) is 11.7. The third-order valence-electron chi connectivity index (χ3n) is 2.21. The molecular formula is C11H5Cl2NO2. The lowest BCUT2D eigenvalue weighted by atomic mass is 10.1. The Morgan fingerprint density at radius 1 is 1.38 bits per heavy atom. The zero-order valence-corrected chi connectivity index (χ0v) is 9.39. The van der Waals surface area contributed by atoms with Gasteiger partial charge < -0.3 is 4.98 Å². The maximum atomic E-state index is 11.0. The second-order valence-corrected chi connectivity index (χ2v) is 3.92. The van der Waals surface area contributed by atoms with Crippen LogP contribution in [0.4, 0.5) is 0 Å². The standard InChI is InChI=1S/C11H5Cl2NO2/c12-6-1-2-10-7(3-6)8(4-14-10)9(5-15)11(13)16/h1-4,14H. The molecule has 0 aliphatic rings. The van der Waals surface area contributed by atoms with Gasteiger partial charge in [0.1, 0.15) is 11.5 Å². The molecule has 0 atom stereocenters. The van der Waals surface area contributed by atoms with Gasteiger partial charge in [-0.05, 0) is 29.8 Å². The van der Waals surface area contributed by atoms with Crippen molar-refractivity contribution in [1.29, 1.82) is 0 Å². The van der Waals surface area contributed by atoms with Gasteiger partial charge in [-0.3, -0.25) is 4.79 Å². The van der Waals surface area contributed by atoms with E-state index in [1.165, 1.54) is 12.1 Å². The van der Waals surface area contributed by atoms with Crippen LogP contribution >= 0.6 is 23.2 Å². The fraction of sp³-hybridized carbons (Fsp3) is 0. The average Bonchev–Trinajstić information content (AvgIpc) is 2.62. The van der Waals surface area contributed by atoms with Crippen LogP contribution in [0.3, 0.4) is 0 Å². The Bertz CT molecular complexity index is 624. The smallest absolute Gasteiger partial charge is 0.264 e. The topological polar surface area (TPSA) is 49.9 Å².